The van der Waals surface area contributed by atoms with E-state index in [1.54, 1.807) is 12.1 Å². The summed E-state index contributed by atoms with van der Waals surface area (Å²) in [5.41, 5.74) is 2.35. The Morgan fingerprint density at radius 3 is 2.94 bits per heavy atom. The Morgan fingerprint density at radius 1 is 1.53 bits per heavy atom. The third-order valence-electron chi connectivity index (χ3n) is 2.66. The largest absolute Gasteiger partial charge is 0.360 e. The third-order valence-corrected chi connectivity index (χ3v) is 2.66. The molecule has 1 aromatic rings. The Labute approximate surface area is 101 Å². The minimum Gasteiger partial charge on any atom is -0.360 e. The molecule has 0 aromatic heterocycles. The van der Waals surface area contributed by atoms with Crippen molar-refractivity contribution >= 4 is 17.3 Å². The summed E-state index contributed by atoms with van der Waals surface area (Å²) in [4.78, 5) is 13.6. The van der Waals surface area contributed by atoms with Gasteiger partial charge in [0.1, 0.15) is 0 Å². The molecule has 4 nitrogen and oxygen atoms in total. The molecular weight excluding hydrogens is 214 g/mol. The number of nitrogens with zero attached hydrogens (tertiary/aromatic N) is 2. The van der Waals surface area contributed by atoms with Gasteiger partial charge in [0.15, 0.2) is 0 Å². The SMILES string of the molecule is CC(C)CN1CC(=O)Nc2ccc(C#N)cc21. The van der Waals surface area contributed by atoms with Crippen molar-refractivity contribution < 1.29 is 4.79 Å². The quantitative estimate of drug-likeness (QED) is 0.843. The molecular formula is C13H15N3O. The summed E-state index contributed by atoms with van der Waals surface area (Å²) < 4.78 is 0. The van der Waals surface area contributed by atoms with Crippen LogP contribution in [0.3, 0.4) is 0 Å². The lowest BCUT2D eigenvalue weighted by atomic mass is 10.1. The molecule has 0 saturated heterocycles. The Morgan fingerprint density at radius 2 is 2.29 bits per heavy atom. The van der Waals surface area contributed by atoms with E-state index in [1.807, 2.05) is 11.0 Å². The van der Waals surface area contributed by atoms with Gasteiger partial charge in [-0.3, -0.25) is 4.79 Å². The van der Waals surface area contributed by atoms with Gasteiger partial charge in [-0.05, 0) is 24.1 Å². The van der Waals surface area contributed by atoms with Gasteiger partial charge in [-0.25, -0.2) is 0 Å². The van der Waals surface area contributed by atoms with Crippen molar-refractivity contribution in [3.05, 3.63) is 23.8 Å². The van der Waals surface area contributed by atoms with Crippen LogP contribution in [0.1, 0.15) is 19.4 Å². The van der Waals surface area contributed by atoms with Crippen LogP contribution in [-0.4, -0.2) is 19.0 Å². The number of nitriles is 1. The van der Waals surface area contributed by atoms with Gasteiger partial charge in [-0.15, -0.1) is 0 Å². The number of rotatable bonds is 2. The van der Waals surface area contributed by atoms with Crippen molar-refractivity contribution in [1.29, 1.82) is 5.26 Å². The zero-order chi connectivity index (χ0) is 12.4. The molecule has 1 aromatic carbocycles. The second-order valence-electron chi connectivity index (χ2n) is 4.67. The highest BCUT2D eigenvalue weighted by atomic mass is 16.2. The van der Waals surface area contributed by atoms with Crippen LogP contribution in [0, 0.1) is 17.2 Å². The molecule has 0 unspecified atom stereocenters. The number of benzene rings is 1. The summed E-state index contributed by atoms with van der Waals surface area (Å²) in [6.45, 7) is 5.40. The van der Waals surface area contributed by atoms with Crippen LogP contribution >= 0.6 is 0 Å². The number of hydrogen-bond donors (Lipinski definition) is 1. The summed E-state index contributed by atoms with van der Waals surface area (Å²) in [6, 6.07) is 7.46. The van der Waals surface area contributed by atoms with Crippen LogP contribution < -0.4 is 10.2 Å². The first-order chi connectivity index (χ1) is 8.10. The molecule has 17 heavy (non-hydrogen) atoms. The van der Waals surface area contributed by atoms with E-state index in [9.17, 15) is 4.79 Å². The van der Waals surface area contributed by atoms with Gasteiger partial charge in [-0.2, -0.15) is 5.26 Å². The lowest BCUT2D eigenvalue weighted by Crippen LogP contribution is -2.40. The van der Waals surface area contributed by atoms with Gasteiger partial charge in [0, 0.05) is 6.54 Å². The molecule has 4 heteroatoms. The first kappa shape index (κ1) is 11.5. The first-order valence-electron chi connectivity index (χ1n) is 5.69. The van der Waals surface area contributed by atoms with Gasteiger partial charge < -0.3 is 10.2 Å². The molecule has 1 heterocycles. The van der Waals surface area contributed by atoms with E-state index in [0.717, 1.165) is 17.9 Å². The molecule has 0 spiro atoms. The topological polar surface area (TPSA) is 56.1 Å². The molecule has 0 aliphatic carbocycles. The Hall–Kier alpha value is -2.02. The molecule has 1 aliphatic heterocycles. The van der Waals surface area contributed by atoms with Crippen molar-refractivity contribution in [3.63, 3.8) is 0 Å². The lowest BCUT2D eigenvalue weighted by molar-refractivity contribution is -0.115. The van der Waals surface area contributed by atoms with E-state index in [-0.39, 0.29) is 5.91 Å². The molecule has 1 amide bonds. The van der Waals surface area contributed by atoms with E-state index in [4.69, 9.17) is 5.26 Å². The minimum atomic E-state index is 0.00265. The van der Waals surface area contributed by atoms with Crippen molar-refractivity contribution in [2.24, 2.45) is 5.92 Å². The molecule has 0 fully saturated rings. The highest BCUT2D eigenvalue weighted by Crippen LogP contribution is 2.30. The predicted molar refractivity (Wildman–Crippen MR) is 66.8 cm³/mol. The molecule has 88 valence electrons. The highest BCUT2D eigenvalue weighted by Gasteiger charge is 2.22. The van der Waals surface area contributed by atoms with Crippen LogP contribution in [-0.2, 0) is 4.79 Å². The van der Waals surface area contributed by atoms with Gasteiger partial charge >= 0.3 is 0 Å². The molecule has 0 radical (unpaired) electrons. The number of carbonyl (C=O) groups is 1. The molecule has 0 saturated carbocycles. The van der Waals surface area contributed by atoms with E-state index < -0.39 is 0 Å². The van der Waals surface area contributed by atoms with E-state index in [2.05, 4.69) is 25.2 Å². The predicted octanol–water partition coefficient (Wildman–Crippen LogP) is 1.97. The van der Waals surface area contributed by atoms with Crippen molar-refractivity contribution in [3.8, 4) is 6.07 Å². The van der Waals surface area contributed by atoms with Gasteiger partial charge in [0.05, 0.1) is 29.6 Å². The smallest absolute Gasteiger partial charge is 0.243 e. The van der Waals surface area contributed by atoms with Gasteiger partial charge in [0.2, 0.25) is 5.91 Å². The lowest BCUT2D eigenvalue weighted by Gasteiger charge is -2.32. The maximum atomic E-state index is 11.6. The third kappa shape index (κ3) is 2.39. The number of nitrogens with one attached hydrogen (secondary N) is 1. The first-order valence-corrected chi connectivity index (χ1v) is 5.69. The fraction of sp³-hybridized carbons (Fsp3) is 0.385. The van der Waals surface area contributed by atoms with Crippen molar-refractivity contribution in [2.45, 2.75) is 13.8 Å². The number of anilines is 2. The number of hydrogen-bond acceptors (Lipinski definition) is 3. The maximum Gasteiger partial charge on any atom is 0.243 e. The summed E-state index contributed by atoms with van der Waals surface area (Å²) in [5, 5.41) is 11.7. The Kier molecular flexibility index (Phi) is 3.01. The summed E-state index contributed by atoms with van der Waals surface area (Å²) in [6.07, 6.45) is 0. The number of fused-ring (bicyclic) bond motifs is 1. The van der Waals surface area contributed by atoms with E-state index in [0.29, 0.717) is 18.0 Å². The Balaban J connectivity index is 2.39. The fourth-order valence-electron chi connectivity index (χ4n) is 2.02. The molecule has 2 rings (SSSR count). The second-order valence-corrected chi connectivity index (χ2v) is 4.67. The normalized spacial score (nSPS) is 14.2. The summed E-state index contributed by atoms with van der Waals surface area (Å²) in [7, 11) is 0. The second kappa shape index (κ2) is 4.46. The average Bonchev–Trinajstić information content (AvgIpc) is 2.27. The van der Waals surface area contributed by atoms with Crippen LogP contribution in [0.15, 0.2) is 18.2 Å². The minimum absolute atomic E-state index is 0.00265. The standard InChI is InChI=1S/C13H15N3O/c1-9(2)7-16-8-13(17)15-11-4-3-10(6-14)5-12(11)16/h3-5,9H,7-8H2,1-2H3,(H,15,17). The molecule has 1 N–H and O–H groups in total. The number of carbonyl (C=O) groups excluding carboxylic acids is 1. The van der Waals surface area contributed by atoms with E-state index in [1.165, 1.54) is 0 Å². The van der Waals surface area contributed by atoms with Crippen LogP contribution in [0.5, 0.6) is 0 Å². The average molecular weight is 229 g/mol. The van der Waals surface area contributed by atoms with Gasteiger partial charge in [0.25, 0.3) is 0 Å². The van der Waals surface area contributed by atoms with Crippen molar-refractivity contribution in [1.82, 2.24) is 0 Å². The molecule has 0 atom stereocenters. The summed E-state index contributed by atoms with van der Waals surface area (Å²) >= 11 is 0. The zero-order valence-electron chi connectivity index (χ0n) is 10.0. The van der Waals surface area contributed by atoms with Gasteiger partial charge in [-0.1, -0.05) is 13.8 Å². The van der Waals surface area contributed by atoms with Crippen LogP contribution in [0.2, 0.25) is 0 Å². The fourth-order valence-corrected chi connectivity index (χ4v) is 2.02. The summed E-state index contributed by atoms with van der Waals surface area (Å²) in [5.74, 6) is 0.474. The maximum absolute atomic E-state index is 11.6. The van der Waals surface area contributed by atoms with Crippen LogP contribution in [0.4, 0.5) is 11.4 Å². The number of amides is 1. The molecule has 1 aliphatic rings. The van der Waals surface area contributed by atoms with Crippen LogP contribution in [0.25, 0.3) is 0 Å². The molecule has 0 bridgehead atoms. The Bertz CT molecular complexity index is 488. The zero-order valence-corrected chi connectivity index (χ0v) is 10.0. The highest BCUT2D eigenvalue weighted by molar-refractivity contribution is 6.01. The monoisotopic (exact) mass is 229 g/mol. The van der Waals surface area contributed by atoms with Crippen molar-refractivity contribution in [2.75, 3.05) is 23.3 Å². The van der Waals surface area contributed by atoms with E-state index >= 15 is 0 Å².